The molecule has 1 N–H and O–H groups in total. The summed E-state index contributed by atoms with van der Waals surface area (Å²) in [5.41, 5.74) is 2.58. The van der Waals surface area contributed by atoms with Gasteiger partial charge in [0.15, 0.2) is 0 Å². The van der Waals surface area contributed by atoms with Crippen LogP contribution in [0.1, 0.15) is 41.6 Å². The van der Waals surface area contributed by atoms with Gasteiger partial charge >= 0.3 is 0 Å². The number of anilines is 1. The zero-order valence-electron chi connectivity index (χ0n) is 10.0. The van der Waals surface area contributed by atoms with E-state index in [0.717, 1.165) is 23.1 Å². The molecule has 1 atom stereocenters. The SMILES string of the molecule is CNc1nc(C2CCCCS2)nc2c1CSC2. The van der Waals surface area contributed by atoms with Gasteiger partial charge < -0.3 is 5.32 Å². The van der Waals surface area contributed by atoms with Crippen molar-refractivity contribution in [2.75, 3.05) is 18.1 Å². The van der Waals surface area contributed by atoms with E-state index in [1.165, 1.54) is 36.3 Å². The van der Waals surface area contributed by atoms with Gasteiger partial charge in [0.1, 0.15) is 11.6 Å². The van der Waals surface area contributed by atoms with E-state index in [0.29, 0.717) is 5.25 Å². The minimum atomic E-state index is 0.520. The van der Waals surface area contributed by atoms with E-state index in [4.69, 9.17) is 9.97 Å². The largest absolute Gasteiger partial charge is 0.373 e. The molecule has 1 unspecified atom stereocenters. The van der Waals surface area contributed by atoms with Crippen molar-refractivity contribution in [1.29, 1.82) is 0 Å². The highest BCUT2D eigenvalue weighted by molar-refractivity contribution is 7.99. The maximum Gasteiger partial charge on any atom is 0.144 e. The molecule has 1 fully saturated rings. The van der Waals surface area contributed by atoms with Crippen LogP contribution >= 0.6 is 23.5 Å². The summed E-state index contributed by atoms with van der Waals surface area (Å²) in [5, 5.41) is 3.75. The highest BCUT2D eigenvalue weighted by atomic mass is 32.2. The molecule has 0 saturated carbocycles. The highest BCUT2D eigenvalue weighted by Crippen LogP contribution is 2.39. The molecule has 1 aromatic heterocycles. The van der Waals surface area contributed by atoms with Gasteiger partial charge in [0.25, 0.3) is 0 Å². The summed E-state index contributed by atoms with van der Waals surface area (Å²) >= 11 is 3.96. The smallest absolute Gasteiger partial charge is 0.144 e. The summed E-state index contributed by atoms with van der Waals surface area (Å²) in [6, 6.07) is 0. The minimum absolute atomic E-state index is 0.520. The van der Waals surface area contributed by atoms with E-state index in [2.05, 4.69) is 5.32 Å². The molecule has 1 saturated heterocycles. The van der Waals surface area contributed by atoms with Crippen molar-refractivity contribution in [2.24, 2.45) is 0 Å². The Balaban J connectivity index is 1.94. The molecular formula is C12H17N3S2. The van der Waals surface area contributed by atoms with Crippen LogP contribution in [0.15, 0.2) is 0 Å². The van der Waals surface area contributed by atoms with Crippen LogP contribution in [0.3, 0.4) is 0 Å². The Morgan fingerprint density at radius 1 is 1.24 bits per heavy atom. The number of hydrogen-bond donors (Lipinski definition) is 1. The molecule has 92 valence electrons. The molecule has 5 heteroatoms. The zero-order valence-corrected chi connectivity index (χ0v) is 11.7. The molecule has 3 rings (SSSR count). The lowest BCUT2D eigenvalue weighted by molar-refractivity contribution is 0.660. The lowest BCUT2D eigenvalue weighted by Crippen LogP contribution is -2.11. The quantitative estimate of drug-likeness (QED) is 0.890. The second kappa shape index (κ2) is 5.06. The first-order valence-electron chi connectivity index (χ1n) is 6.15. The molecule has 0 bridgehead atoms. The van der Waals surface area contributed by atoms with Crippen molar-refractivity contribution in [3.8, 4) is 0 Å². The fourth-order valence-corrected chi connectivity index (χ4v) is 4.65. The van der Waals surface area contributed by atoms with Gasteiger partial charge in [-0.2, -0.15) is 23.5 Å². The van der Waals surface area contributed by atoms with Gasteiger partial charge in [0, 0.05) is 24.1 Å². The molecule has 0 spiro atoms. The third-order valence-corrected chi connectivity index (χ3v) is 5.64. The topological polar surface area (TPSA) is 37.8 Å². The summed E-state index contributed by atoms with van der Waals surface area (Å²) in [7, 11) is 1.96. The van der Waals surface area contributed by atoms with E-state index in [-0.39, 0.29) is 0 Å². The van der Waals surface area contributed by atoms with Crippen LogP contribution < -0.4 is 5.32 Å². The molecule has 3 nitrogen and oxygen atoms in total. The van der Waals surface area contributed by atoms with Crippen LogP contribution in [-0.2, 0) is 11.5 Å². The van der Waals surface area contributed by atoms with Gasteiger partial charge in [-0.1, -0.05) is 6.42 Å². The van der Waals surface area contributed by atoms with Crippen LogP contribution in [0.25, 0.3) is 0 Å². The Hall–Kier alpha value is -0.420. The van der Waals surface area contributed by atoms with Gasteiger partial charge in [-0.15, -0.1) is 0 Å². The van der Waals surface area contributed by atoms with Crippen LogP contribution in [-0.4, -0.2) is 22.8 Å². The van der Waals surface area contributed by atoms with E-state index in [1.54, 1.807) is 0 Å². The second-order valence-electron chi connectivity index (χ2n) is 4.45. The van der Waals surface area contributed by atoms with Gasteiger partial charge in [0.05, 0.1) is 10.9 Å². The zero-order chi connectivity index (χ0) is 11.7. The first-order chi connectivity index (χ1) is 8.38. The molecule has 17 heavy (non-hydrogen) atoms. The van der Waals surface area contributed by atoms with Crippen molar-refractivity contribution in [3.05, 3.63) is 17.1 Å². The average Bonchev–Trinajstić information content (AvgIpc) is 2.86. The molecule has 0 radical (unpaired) electrons. The molecule has 2 aliphatic heterocycles. The van der Waals surface area contributed by atoms with Crippen molar-refractivity contribution in [2.45, 2.75) is 36.0 Å². The van der Waals surface area contributed by atoms with Gasteiger partial charge in [0.2, 0.25) is 0 Å². The lowest BCUT2D eigenvalue weighted by Gasteiger charge is -2.21. The van der Waals surface area contributed by atoms with Crippen LogP contribution in [0.5, 0.6) is 0 Å². The molecule has 0 aliphatic carbocycles. The Bertz CT molecular complexity index is 416. The van der Waals surface area contributed by atoms with Crippen molar-refractivity contribution >= 4 is 29.3 Å². The second-order valence-corrected chi connectivity index (χ2v) is 6.75. The number of fused-ring (bicyclic) bond motifs is 1. The van der Waals surface area contributed by atoms with Crippen LogP contribution in [0.2, 0.25) is 0 Å². The number of nitrogens with one attached hydrogen (secondary N) is 1. The Morgan fingerprint density at radius 3 is 2.94 bits per heavy atom. The first-order valence-corrected chi connectivity index (χ1v) is 8.35. The van der Waals surface area contributed by atoms with E-state index in [9.17, 15) is 0 Å². The standard InChI is InChI=1S/C12H17N3S2/c1-13-11-8-6-16-7-9(8)14-12(15-11)10-4-2-3-5-17-10/h10H,2-7H2,1H3,(H,13,14,15). The van der Waals surface area contributed by atoms with E-state index >= 15 is 0 Å². The fourth-order valence-electron chi connectivity index (χ4n) is 2.37. The molecular weight excluding hydrogens is 250 g/mol. The van der Waals surface area contributed by atoms with Crippen LogP contribution in [0.4, 0.5) is 5.82 Å². The Labute approximate surface area is 111 Å². The Kier molecular flexibility index (Phi) is 3.47. The minimum Gasteiger partial charge on any atom is -0.373 e. The molecule has 0 aromatic carbocycles. The normalized spacial score (nSPS) is 23.5. The third kappa shape index (κ3) is 2.27. The summed E-state index contributed by atoms with van der Waals surface area (Å²) in [6.07, 6.45) is 3.91. The number of thioether (sulfide) groups is 2. The molecule has 0 amide bonds. The summed E-state index contributed by atoms with van der Waals surface area (Å²) < 4.78 is 0. The first kappa shape index (κ1) is 11.7. The third-order valence-electron chi connectivity index (χ3n) is 3.30. The summed E-state index contributed by atoms with van der Waals surface area (Å²) in [6.45, 7) is 0. The van der Waals surface area contributed by atoms with Gasteiger partial charge in [-0.3, -0.25) is 0 Å². The van der Waals surface area contributed by atoms with Crippen LogP contribution in [0, 0.1) is 0 Å². The Morgan fingerprint density at radius 2 is 2.18 bits per heavy atom. The highest BCUT2D eigenvalue weighted by Gasteiger charge is 2.24. The number of hydrogen-bond acceptors (Lipinski definition) is 5. The van der Waals surface area contributed by atoms with Gasteiger partial charge in [-0.05, 0) is 18.6 Å². The predicted molar refractivity (Wildman–Crippen MR) is 75.6 cm³/mol. The van der Waals surface area contributed by atoms with E-state index in [1.807, 2.05) is 30.6 Å². The van der Waals surface area contributed by atoms with Crippen molar-refractivity contribution in [1.82, 2.24) is 9.97 Å². The molecule has 2 aliphatic rings. The van der Waals surface area contributed by atoms with Crippen molar-refractivity contribution < 1.29 is 0 Å². The van der Waals surface area contributed by atoms with Crippen molar-refractivity contribution in [3.63, 3.8) is 0 Å². The number of rotatable bonds is 2. The predicted octanol–water partition coefficient (Wildman–Crippen LogP) is 3.22. The molecule has 1 aromatic rings. The molecule has 3 heterocycles. The fraction of sp³-hybridized carbons (Fsp3) is 0.667. The number of nitrogens with zero attached hydrogens (tertiary/aromatic N) is 2. The average molecular weight is 267 g/mol. The maximum absolute atomic E-state index is 4.79. The summed E-state index contributed by atoms with van der Waals surface area (Å²) in [4.78, 5) is 9.52. The van der Waals surface area contributed by atoms with E-state index < -0.39 is 0 Å². The lowest BCUT2D eigenvalue weighted by atomic mass is 10.1. The monoisotopic (exact) mass is 267 g/mol. The van der Waals surface area contributed by atoms with Gasteiger partial charge in [-0.25, -0.2) is 9.97 Å². The summed E-state index contributed by atoms with van der Waals surface area (Å²) in [5.74, 6) is 5.48. The maximum atomic E-state index is 4.79. The number of aromatic nitrogens is 2.